The summed E-state index contributed by atoms with van der Waals surface area (Å²) < 4.78 is 5.19. The van der Waals surface area contributed by atoms with Crippen LogP contribution in [-0.2, 0) is 25.5 Å². The maximum Gasteiger partial charge on any atom is 0.306 e. The number of carbonyl (C=O) groups is 3. The molecule has 2 amide bonds. The molecule has 7 nitrogen and oxygen atoms in total. The molecule has 3 rings (SSSR count). The number of para-hydroxylation sites is 2. The van der Waals surface area contributed by atoms with Gasteiger partial charge in [-0.05, 0) is 49.4 Å². The van der Waals surface area contributed by atoms with E-state index in [-0.39, 0.29) is 31.4 Å². The highest BCUT2D eigenvalue weighted by molar-refractivity contribution is 5.95. The van der Waals surface area contributed by atoms with Crippen LogP contribution in [0.15, 0.2) is 54.7 Å². The second-order valence-electron chi connectivity index (χ2n) is 8.05. The number of ether oxygens (including phenoxy) is 1. The highest BCUT2D eigenvalue weighted by atomic mass is 16.5. The van der Waals surface area contributed by atoms with Crippen molar-refractivity contribution in [2.75, 3.05) is 25.0 Å². The average molecular weight is 450 g/mol. The van der Waals surface area contributed by atoms with E-state index in [0.717, 1.165) is 28.5 Å². The lowest BCUT2D eigenvalue weighted by molar-refractivity contribution is -0.152. The lowest BCUT2D eigenvalue weighted by Gasteiger charge is -2.21. The summed E-state index contributed by atoms with van der Waals surface area (Å²) in [4.78, 5) is 41.8. The monoisotopic (exact) mass is 449 g/mol. The van der Waals surface area contributed by atoms with Crippen LogP contribution in [0.2, 0.25) is 0 Å². The van der Waals surface area contributed by atoms with E-state index in [0.29, 0.717) is 25.1 Å². The molecule has 2 aromatic carbocycles. The number of rotatable bonds is 11. The molecule has 0 aliphatic rings. The van der Waals surface area contributed by atoms with Gasteiger partial charge in [-0.2, -0.15) is 0 Å². The number of benzene rings is 2. The van der Waals surface area contributed by atoms with Crippen LogP contribution in [0.3, 0.4) is 0 Å². The Balaban J connectivity index is 1.43. The zero-order chi connectivity index (χ0) is 23.6. The van der Waals surface area contributed by atoms with Crippen molar-refractivity contribution in [3.8, 4) is 0 Å². The van der Waals surface area contributed by atoms with Gasteiger partial charge in [0.05, 0.1) is 6.54 Å². The number of aromatic amines is 1. The van der Waals surface area contributed by atoms with Crippen molar-refractivity contribution >= 4 is 34.4 Å². The van der Waals surface area contributed by atoms with Crippen LogP contribution in [0, 0.1) is 6.92 Å². The fourth-order valence-corrected chi connectivity index (χ4v) is 3.71. The van der Waals surface area contributed by atoms with E-state index in [1.165, 1.54) is 4.90 Å². The maximum absolute atomic E-state index is 12.6. The highest BCUT2D eigenvalue weighted by Crippen LogP contribution is 2.19. The first-order chi connectivity index (χ1) is 16.0. The predicted molar refractivity (Wildman–Crippen MR) is 129 cm³/mol. The van der Waals surface area contributed by atoms with E-state index in [4.69, 9.17) is 4.74 Å². The third-order valence-electron chi connectivity index (χ3n) is 5.46. The molecule has 33 heavy (non-hydrogen) atoms. The van der Waals surface area contributed by atoms with Gasteiger partial charge in [-0.3, -0.25) is 14.4 Å². The molecule has 1 aromatic heterocycles. The molecule has 0 fully saturated rings. The second-order valence-corrected chi connectivity index (χ2v) is 8.05. The Hall–Kier alpha value is -3.61. The Bertz CT molecular complexity index is 1110. The minimum Gasteiger partial charge on any atom is -0.456 e. The fourth-order valence-electron chi connectivity index (χ4n) is 3.71. The Morgan fingerprint density at radius 1 is 1.06 bits per heavy atom. The molecule has 0 bridgehead atoms. The van der Waals surface area contributed by atoms with Crippen molar-refractivity contribution < 1.29 is 19.1 Å². The number of fused-ring (bicyclic) bond motifs is 1. The minimum absolute atomic E-state index is 0.0842. The van der Waals surface area contributed by atoms with Gasteiger partial charge in [0.2, 0.25) is 5.91 Å². The molecule has 0 aliphatic carbocycles. The number of nitrogens with zero attached hydrogens (tertiary/aromatic N) is 1. The predicted octanol–water partition coefficient (Wildman–Crippen LogP) is 4.22. The third-order valence-corrected chi connectivity index (χ3v) is 5.46. The van der Waals surface area contributed by atoms with Crippen LogP contribution in [-0.4, -0.2) is 47.4 Å². The van der Waals surface area contributed by atoms with Crippen LogP contribution in [0.1, 0.15) is 37.3 Å². The maximum atomic E-state index is 12.6. The van der Waals surface area contributed by atoms with Crippen molar-refractivity contribution in [2.24, 2.45) is 0 Å². The van der Waals surface area contributed by atoms with Crippen molar-refractivity contribution in [2.45, 2.75) is 39.5 Å². The van der Waals surface area contributed by atoms with E-state index in [2.05, 4.69) is 16.4 Å². The van der Waals surface area contributed by atoms with Crippen LogP contribution in [0.4, 0.5) is 5.69 Å². The number of amides is 2. The molecule has 0 unspecified atom stereocenters. The zero-order valence-corrected chi connectivity index (χ0v) is 19.2. The number of aromatic nitrogens is 1. The van der Waals surface area contributed by atoms with Gasteiger partial charge in [-0.25, -0.2) is 0 Å². The van der Waals surface area contributed by atoms with Crippen molar-refractivity contribution in [3.05, 3.63) is 65.9 Å². The quantitative estimate of drug-likeness (QED) is 0.429. The summed E-state index contributed by atoms with van der Waals surface area (Å²) in [7, 11) is 0. The van der Waals surface area contributed by atoms with Gasteiger partial charge in [-0.1, -0.05) is 43.3 Å². The number of H-pyrrole nitrogens is 1. The summed E-state index contributed by atoms with van der Waals surface area (Å²) in [5, 5.41) is 3.98. The number of esters is 1. The van der Waals surface area contributed by atoms with Crippen LogP contribution >= 0.6 is 0 Å². The summed E-state index contributed by atoms with van der Waals surface area (Å²) in [6.45, 7) is 3.81. The van der Waals surface area contributed by atoms with Crippen molar-refractivity contribution in [3.63, 3.8) is 0 Å². The van der Waals surface area contributed by atoms with Crippen LogP contribution < -0.4 is 5.32 Å². The second kappa shape index (κ2) is 11.9. The summed E-state index contributed by atoms with van der Waals surface area (Å²) in [6, 6.07) is 15.5. The molecule has 7 heteroatoms. The van der Waals surface area contributed by atoms with Gasteiger partial charge >= 0.3 is 5.97 Å². The Kier molecular flexibility index (Phi) is 8.63. The number of hydrogen-bond acceptors (Lipinski definition) is 4. The van der Waals surface area contributed by atoms with Crippen LogP contribution in [0.25, 0.3) is 10.9 Å². The molecule has 1 heterocycles. The van der Waals surface area contributed by atoms with Crippen LogP contribution in [0.5, 0.6) is 0 Å². The molecule has 0 aliphatic heterocycles. The molecule has 0 saturated carbocycles. The Labute approximate surface area is 194 Å². The van der Waals surface area contributed by atoms with Crippen molar-refractivity contribution in [1.82, 2.24) is 9.88 Å². The highest BCUT2D eigenvalue weighted by Gasteiger charge is 2.18. The Morgan fingerprint density at radius 2 is 1.82 bits per heavy atom. The average Bonchev–Trinajstić information content (AvgIpc) is 3.22. The van der Waals surface area contributed by atoms with E-state index in [9.17, 15) is 14.4 Å². The smallest absolute Gasteiger partial charge is 0.306 e. The summed E-state index contributed by atoms with van der Waals surface area (Å²) >= 11 is 0. The number of aryl methyl sites for hydroxylation is 2. The molecule has 2 N–H and O–H groups in total. The largest absolute Gasteiger partial charge is 0.456 e. The molecule has 174 valence electrons. The molecule has 0 spiro atoms. The molecular formula is C26H31N3O4. The number of nitrogens with one attached hydrogen (secondary N) is 2. The van der Waals surface area contributed by atoms with Gasteiger partial charge in [0.15, 0.2) is 6.61 Å². The van der Waals surface area contributed by atoms with E-state index < -0.39 is 5.97 Å². The van der Waals surface area contributed by atoms with Gasteiger partial charge in [0, 0.05) is 35.8 Å². The standard InChI is InChI=1S/C26H31N3O4/c1-3-15-29(17-24(30)28-22-12-6-4-9-19(22)2)25(31)18-33-26(32)14-8-10-20-16-27-23-13-7-5-11-21(20)23/h4-7,9,11-13,16,27H,3,8,10,14-15,17-18H2,1-2H3,(H,28,30). The van der Waals surface area contributed by atoms with Gasteiger partial charge < -0.3 is 19.9 Å². The summed E-state index contributed by atoms with van der Waals surface area (Å²) in [5.41, 5.74) is 3.89. The normalized spacial score (nSPS) is 10.7. The molecule has 3 aromatic rings. The minimum atomic E-state index is -0.413. The third kappa shape index (κ3) is 6.94. The van der Waals surface area contributed by atoms with E-state index in [1.807, 2.05) is 62.5 Å². The molecule has 0 saturated heterocycles. The van der Waals surface area contributed by atoms with Crippen molar-refractivity contribution in [1.29, 1.82) is 0 Å². The first-order valence-corrected chi connectivity index (χ1v) is 11.3. The SMILES string of the molecule is CCCN(CC(=O)Nc1ccccc1C)C(=O)COC(=O)CCCc1c[nH]c2ccccc12. The van der Waals surface area contributed by atoms with Gasteiger partial charge in [0.1, 0.15) is 0 Å². The number of carbonyl (C=O) groups excluding carboxylic acids is 3. The topological polar surface area (TPSA) is 91.5 Å². The van der Waals surface area contributed by atoms with E-state index >= 15 is 0 Å². The number of anilines is 1. The van der Waals surface area contributed by atoms with Gasteiger partial charge in [-0.15, -0.1) is 0 Å². The zero-order valence-electron chi connectivity index (χ0n) is 19.2. The molecule has 0 radical (unpaired) electrons. The first kappa shape index (κ1) is 24.0. The first-order valence-electron chi connectivity index (χ1n) is 11.3. The fraction of sp³-hybridized carbons (Fsp3) is 0.346. The van der Waals surface area contributed by atoms with E-state index in [1.54, 1.807) is 0 Å². The Morgan fingerprint density at radius 3 is 2.61 bits per heavy atom. The summed E-state index contributed by atoms with van der Waals surface area (Å²) in [5.74, 6) is -1.07. The molecular weight excluding hydrogens is 418 g/mol. The summed E-state index contributed by atoms with van der Waals surface area (Å²) in [6.07, 6.45) is 4.26. The number of hydrogen-bond donors (Lipinski definition) is 2. The van der Waals surface area contributed by atoms with Gasteiger partial charge in [0.25, 0.3) is 5.91 Å². The molecule has 0 atom stereocenters. The lowest BCUT2D eigenvalue weighted by atomic mass is 10.1. The lowest BCUT2D eigenvalue weighted by Crippen LogP contribution is -2.40.